The number of halogens is 2. The van der Waals surface area contributed by atoms with E-state index in [2.05, 4.69) is 5.32 Å². The highest BCUT2D eigenvalue weighted by Crippen LogP contribution is 2.25. The molecular formula is C12H14Cl2N2O2. The first-order valence-electron chi connectivity index (χ1n) is 5.66. The number of likely N-dealkylation sites (tertiary alicyclic amines) is 1. The zero-order valence-corrected chi connectivity index (χ0v) is 11.2. The standard InChI is InChI=1S/C12H14Cl2N2O2/c13-10-2-1-9(3-11(10)14)15-12(18)6-16-4-8(5-16)7-17/h1-3,8,17H,4-7H2,(H,15,18). The van der Waals surface area contributed by atoms with E-state index < -0.39 is 0 Å². The zero-order valence-electron chi connectivity index (χ0n) is 9.70. The number of hydrogen-bond acceptors (Lipinski definition) is 3. The predicted molar refractivity (Wildman–Crippen MR) is 72.1 cm³/mol. The molecule has 0 saturated carbocycles. The van der Waals surface area contributed by atoms with Crippen LogP contribution in [0.3, 0.4) is 0 Å². The first kappa shape index (κ1) is 13.6. The highest BCUT2D eigenvalue weighted by atomic mass is 35.5. The molecule has 0 unspecified atom stereocenters. The summed E-state index contributed by atoms with van der Waals surface area (Å²) in [6.07, 6.45) is 0. The molecule has 0 aliphatic carbocycles. The van der Waals surface area contributed by atoms with E-state index in [1.54, 1.807) is 18.2 Å². The highest BCUT2D eigenvalue weighted by molar-refractivity contribution is 6.42. The van der Waals surface area contributed by atoms with Gasteiger partial charge in [0.25, 0.3) is 0 Å². The lowest BCUT2D eigenvalue weighted by Crippen LogP contribution is -2.51. The minimum atomic E-state index is -0.0928. The van der Waals surface area contributed by atoms with E-state index in [1.807, 2.05) is 4.90 Å². The van der Waals surface area contributed by atoms with Gasteiger partial charge in [-0.2, -0.15) is 0 Å². The zero-order chi connectivity index (χ0) is 13.1. The molecule has 0 spiro atoms. The summed E-state index contributed by atoms with van der Waals surface area (Å²) in [7, 11) is 0. The van der Waals surface area contributed by atoms with E-state index in [4.69, 9.17) is 28.3 Å². The van der Waals surface area contributed by atoms with Gasteiger partial charge in [0.1, 0.15) is 0 Å². The van der Waals surface area contributed by atoms with Crippen LogP contribution < -0.4 is 5.32 Å². The average molecular weight is 289 g/mol. The number of amides is 1. The Kier molecular flexibility index (Phi) is 4.45. The maximum Gasteiger partial charge on any atom is 0.238 e. The Morgan fingerprint density at radius 1 is 1.39 bits per heavy atom. The number of carbonyl (C=O) groups is 1. The second-order valence-electron chi connectivity index (χ2n) is 4.42. The number of anilines is 1. The summed E-state index contributed by atoms with van der Waals surface area (Å²) in [5.41, 5.74) is 0.633. The first-order chi connectivity index (χ1) is 8.58. The van der Waals surface area contributed by atoms with E-state index in [9.17, 15) is 4.79 Å². The summed E-state index contributed by atoms with van der Waals surface area (Å²) >= 11 is 11.6. The van der Waals surface area contributed by atoms with E-state index in [0.29, 0.717) is 28.2 Å². The van der Waals surface area contributed by atoms with Gasteiger partial charge in [-0.3, -0.25) is 9.69 Å². The molecule has 1 aliphatic heterocycles. The molecule has 1 aliphatic rings. The molecule has 18 heavy (non-hydrogen) atoms. The van der Waals surface area contributed by atoms with Crippen molar-refractivity contribution in [1.29, 1.82) is 0 Å². The number of carbonyl (C=O) groups excluding carboxylic acids is 1. The number of rotatable bonds is 4. The normalized spacial score (nSPS) is 16.4. The topological polar surface area (TPSA) is 52.6 Å². The van der Waals surface area contributed by atoms with Crippen LogP contribution in [0.25, 0.3) is 0 Å². The maximum atomic E-state index is 11.7. The van der Waals surface area contributed by atoms with Crippen molar-refractivity contribution < 1.29 is 9.90 Å². The van der Waals surface area contributed by atoms with Crippen LogP contribution >= 0.6 is 23.2 Å². The molecule has 0 radical (unpaired) electrons. The fourth-order valence-corrected chi connectivity index (χ4v) is 2.20. The molecule has 1 aromatic carbocycles. The third kappa shape index (κ3) is 3.36. The second-order valence-corrected chi connectivity index (χ2v) is 5.23. The molecule has 2 N–H and O–H groups in total. The first-order valence-corrected chi connectivity index (χ1v) is 6.42. The van der Waals surface area contributed by atoms with E-state index in [-0.39, 0.29) is 12.5 Å². The predicted octanol–water partition coefficient (Wildman–Crippen LogP) is 1.86. The lowest BCUT2D eigenvalue weighted by molar-refractivity contribution is -0.119. The van der Waals surface area contributed by atoms with Gasteiger partial charge in [-0.05, 0) is 18.2 Å². The molecule has 0 atom stereocenters. The Balaban J connectivity index is 1.82. The van der Waals surface area contributed by atoms with Crippen molar-refractivity contribution in [2.45, 2.75) is 0 Å². The number of nitrogens with zero attached hydrogens (tertiary/aromatic N) is 1. The van der Waals surface area contributed by atoms with Gasteiger partial charge in [0, 0.05) is 31.3 Å². The molecule has 1 fully saturated rings. The third-order valence-corrected chi connectivity index (χ3v) is 3.60. The number of benzene rings is 1. The summed E-state index contributed by atoms with van der Waals surface area (Å²) in [6, 6.07) is 4.97. The van der Waals surface area contributed by atoms with Crippen molar-refractivity contribution >= 4 is 34.8 Å². The van der Waals surface area contributed by atoms with E-state index >= 15 is 0 Å². The van der Waals surface area contributed by atoms with Gasteiger partial charge in [0.15, 0.2) is 0 Å². The van der Waals surface area contributed by atoms with Gasteiger partial charge in [0.05, 0.1) is 16.6 Å². The van der Waals surface area contributed by atoms with Crippen LogP contribution in [0, 0.1) is 5.92 Å². The molecule has 1 heterocycles. The van der Waals surface area contributed by atoms with Crippen LogP contribution in [-0.2, 0) is 4.79 Å². The molecule has 1 aromatic rings. The minimum absolute atomic E-state index is 0.0928. The van der Waals surface area contributed by atoms with Gasteiger partial charge in [-0.1, -0.05) is 23.2 Å². The smallest absolute Gasteiger partial charge is 0.238 e. The monoisotopic (exact) mass is 288 g/mol. The number of aliphatic hydroxyl groups is 1. The second kappa shape index (κ2) is 5.89. The van der Waals surface area contributed by atoms with E-state index in [1.165, 1.54) is 0 Å². The fourth-order valence-electron chi connectivity index (χ4n) is 1.90. The highest BCUT2D eigenvalue weighted by Gasteiger charge is 2.27. The van der Waals surface area contributed by atoms with Gasteiger partial charge < -0.3 is 10.4 Å². The lowest BCUT2D eigenvalue weighted by Gasteiger charge is -2.37. The largest absolute Gasteiger partial charge is 0.396 e. The van der Waals surface area contributed by atoms with Crippen molar-refractivity contribution in [2.24, 2.45) is 5.92 Å². The van der Waals surface area contributed by atoms with Crippen molar-refractivity contribution in [1.82, 2.24) is 4.90 Å². The number of nitrogens with one attached hydrogen (secondary N) is 1. The molecule has 98 valence electrons. The number of hydrogen-bond donors (Lipinski definition) is 2. The van der Waals surface area contributed by atoms with Crippen LogP contribution in [0.1, 0.15) is 0 Å². The SMILES string of the molecule is O=C(CN1CC(CO)C1)Nc1ccc(Cl)c(Cl)c1. The van der Waals surface area contributed by atoms with Crippen LogP contribution in [0.5, 0.6) is 0 Å². The summed E-state index contributed by atoms with van der Waals surface area (Å²) in [4.78, 5) is 13.7. The van der Waals surface area contributed by atoms with Gasteiger partial charge in [-0.15, -0.1) is 0 Å². The fraction of sp³-hybridized carbons (Fsp3) is 0.417. The summed E-state index contributed by atoms with van der Waals surface area (Å²) < 4.78 is 0. The van der Waals surface area contributed by atoms with Crippen molar-refractivity contribution in [3.8, 4) is 0 Å². The quantitative estimate of drug-likeness (QED) is 0.889. The van der Waals surface area contributed by atoms with Crippen molar-refractivity contribution in [3.05, 3.63) is 28.2 Å². The van der Waals surface area contributed by atoms with Crippen LogP contribution in [0.2, 0.25) is 10.0 Å². The van der Waals surface area contributed by atoms with Crippen LogP contribution in [0.4, 0.5) is 5.69 Å². The molecule has 6 heteroatoms. The molecule has 0 aromatic heterocycles. The molecule has 2 rings (SSSR count). The summed E-state index contributed by atoms with van der Waals surface area (Å²) in [5, 5.41) is 12.5. The molecule has 1 saturated heterocycles. The molecule has 4 nitrogen and oxygen atoms in total. The minimum Gasteiger partial charge on any atom is -0.396 e. The summed E-state index contributed by atoms with van der Waals surface area (Å²) in [5.74, 6) is 0.215. The van der Waals surface area contributed by atoms with Crippen molar-refractivity contribution in [2.75, 3.05) is 31.6 Å². The third-order valence-electron chi connectivity index (χ3n) is 2.86. The Hall–Kier alpha value is -0.810. The van der Waals surface area contributed by atoms with Crippen LogP contribution in [-0.4, -0.2) is 42.2 Å². The molecule has 0 bridgehead atoms. The lowest BCUT2D eigenvalue weighted by atomic mass is 10.0. The number of aliphatic hydroxyl groups excluding tert-OH is 1. The Morgan fingerprint density at radius 2 is 2.11 bits per heavy atom. The van der Waals surface area contributed by atoms with E-state index in [0.717, 1.165) is 13.1 Å². The van der Waals surface area contributed by atoms with Gasteiger partial charge >= 0.3 is 0 Å². The Bertz CT molecular complexity index is 448. The average Bonchev–Trinajstić information content (AvgIpc) is 2.28. The Morgan fingerprint density at radius 3 is 2.72 bits per heavy atom. The molecular weight excluding hydrogens is 275 g/mol. The van der Waals surface area contributed by atoms with Gasteiger partial charge in [-0.25, -0.2) is 0 Å². The molecule has 1 amide bonds. The maximum absolute atomic E-state index is 11.7. The van der Waals surface area contributed by atoms with Crippen LogP contribution in [0.15, 0.2) is 18.2 Å². The Labute approximate surface area is 115 Å². The van der Waals surface area contributed by atoms with Gasteiger partial charge in [0.2, 0.25) is 5.91 Å². The summed E-state index contributed by atoms with van der Waals surface area (Å²) in [6.45, 7) is 2.05. The van der Waals surface area contributed by atoms with Crippen molar-refractivity contribution in [3.63, 3.8) is 0 Å².